The van der Waals surface area contributed by atoms with E-state index >= 15 is 0 Å². The fraction of sp³-hybridized carbons (Fsp3) is 0.208. The van der Waals surface area contributed by atoms with Crippen LogP contribution in [-0.4, -0.2) is 19.0 Å². The zero-order valence-corrected chi connectivity index (χ0v) is 18.8. The third-order valence-corrected chi connectivity index (χ3v) is 5.64. The molecule has 0 aliphatic carbocycles. The van der Waals surface area contributed by atoms with Gasteiger partial charge in [-0.15, -0.1) is 0 Å². The highest BCUT2D eigenvalue weighted by Gasteiger charge is 2.32. The van der Waals surface area contributed by atoms with Crippen molar-refractivity contribution < 1.29 is 22.4 Å². The Bertz CT molecular complexity index is 1180. The molecule has 1 fully saturated rings. The minimum absolute atomic E-state index is 0.120. The van der Waals surface area contributed by atoms with Crippen LogP contribution < -0.4 is 10.2 Å². The first-order valence-electron chi connectivity index (χ1n) is 10.2. The summed E-state index contributed by atoms with van der Waals surface area (Å²) in [7, 11) is 0. The standard InChI is InChI=1S/C24H19Cl2F3N2O2/c25-17-11-15(12-18(26)14-17)22-7-4-19(33-22)5-8-23(32)30-20-13-16(24(27,28)29)3-6-21(20)31-9-1-2-10-31/h3-8,11-14H,1-2,9-10H2,(H,30,32)/b8-5+. The van der Waals surface area contributed by atoms with Crippen LogP contribution in [0.3, 0.4) is 0 Å². The Morgan fingerprint density at radius 3 is 2.36 bits per heavy atom. The van der Waals surface area contributed by atoms with Gasteiger partial charge in [0, 0.05) is 34.8 Å². The topological polar surface area (TPSA) is 45.5 Å². The van der Waals surface area contributed by atoms with Crippen LogP contribution in [0, 0.1) is 0 Å². The van der Waals surface area contributed by atoms with Gasteiger partial charge in [-0.25, -0.2) is 0 Å². The zero-order chi connectivity index (χ0) is 23.6. The van der Waals surface area contributed by atoms with Gasteiger partial charge in [0.1, 0.15) is 11.5 Å². The number of carbonyl (C=O) groups excluding carboxylic acids is 1. The van der Waals surface area contributed by atoms with Crippen LogP contribution in [0.1, 0.15) is 24.2 Å². The number of halogens is 5. The van der Waals surface area contributed by atoms with Gasteiger partial charge in [0.25, 0.3) is 0 Å². The first-order valence-corrected chi connectivity index (χ1v) is 11.0. The van der Waals surface area contributed by atoms with Crippen molar-refractivity contribution in [2.24, 2.45) is 0 Å². The molecule has 1 aliphatic heterocycles. The fourth-order valence-electron chi connectivity index (χ4n) is 3.67. The van der Waals surface area contributed by atoms with Crippen LogP contribution in [0.15, 0.2) is 59.0 Å². The third-order valence-electron chi connectivity index (χ3n) is 5.20. The smallest absolute Gasteiger partial charge is 0.416 e. The second-order valence-corrected chi connectivity index (χ2v) is 8.48. The van der Waals surface area contributed by atoms with Crippen molar-refractivity contribution in [1.82, 2.24) is 0 Å². The monoisotopic (exact) mass is 494 g/mol. The summed E-state index contributed by atoms with van der Waals surface area (Å²) in [5.74, 6) is 0.326. The molecule has 1 N–H and O–H groups in total. The average molecular weight is 495 g/mol. The summed E-state index contributed by atoms with van der Waals surface area (Å²) in [5.41, 5.74) is 0.548. The lowest BCUT2D eigenvalue weighted by Gasteiger charge is -2.22. The number of alkyl halides is 3. The quantitative estimate of drug-likeness (QED) is 0.373. The second-order valence-electron chi connectivity index (χ2n) is 7.61. The molecular weight excluding hydrogens is 476 g/mol. The van der Waals surface area contributed by atoms with E-state index in [0.717, 1.165) is 38.1 Å². The maximum Gasteiger partial charge on any atom is 0.416 e. The van der Waals surface area contributed by atoms with E-state index in [2.05, 4.69) is 5.32 Å². The molecule has 0 spiro atoms. The van der Waals surface area contributed by atoms with Crippen molar-refractivity contribution in [2.45, 2.75) is 19.0 Å². The number of furan rings is 1. The molecule has 1 amide bonds. The van der Waals surface area contributed by atoms with E-state index in [1.54, 1.807) is 30.3 Å². The first kappa shape index (κ1) is 23.3. The summed E-state index contributed by atoms with van der Waals surface area (Å²) < 4.78 is 45.3. The number of benzene rings is 2. The van der Waals surface area contributed by atoms with Gasteiger partial charge in [-0.1, -0.05) is 23.2 Å². The predicted octanol–water partition coefficient (Wildman–Crippen LogP) is 7.52. The summed E-state index contributed by atoms with van der Waals surface area (Å²) in [6, 6.07) is 11.8. The Balaban J connectivity index is 1.52. The number of hydrogen-bond acceptors (Lipinski definition) is 3. The van der Waals surface area contributed by atoms with Crippen LogP contribution in [0.25, 0.3) is 17.4 Å². The van der Waals surface area contributed by atoms with E-state index in [1.165, 1.54) is 18.2 Å². The molecule has 0 atom stereocenters. The van der Waals surface area contributed by atoms with Gasteiger partial charge in [-0.05, 0) is 67.4 Å². The summed E-state index contributed by atoms with van der Waals surface area (Å²) >= 11 is 12.0. The first-order chi connectivity index (χ1) is 15.7. The lowest BCUT2D eigenvalue weighted by Crippen LogP contribution is -2.21. The molecule has 0 bridgehead atoms. The van der Waals surface area contributed by atoms with Crippen LogP contribution >= 0.6 is 23.2 Å². The van der Waals surface area contributed by atoms with Crippen molar-refractivity contribution in [3.63, 3.8) is 0 Å². The number of nitrogens with zero attached hydrogens (tertiary/aromatic N) is 1. The molecule has 4 nitrogen and oxygen atoms in total. The Morgan fingerprint density at radius 2 is 1.70 bits per heavy atom. The van der Waals surface area contributed by atoms with Crippen molar-refractivity contribution in [3.8, 4) is 11.3 Å². The minimum Gasteiger partial charge on any atom is -0.457 e. The molecule has 33 heavy (non-hydrogen) atoms. The summed E-state index contributed by atoms with van der Waals surface area (Å²) in [6.07, 6.45) is 0.0440. The van der Waals surface area contributed by atoms with Gasteiger partial charge in [0.2, 0.25) is 5.91 Å². The number of hydrogen-bond donors (Lipinski definition) is 1. The molecule has 0 saturated carbocycles. The minimum atomic E-state index is -4.51. The van der Waals surface area contributed by atoms with E-state index in [9.17, 15) is 18.0 Å². The Labute approximate surface area is 198 Å². The van der Waals surface area contributed by atoms with Crippen LogP contribution in [-0.2, 0) is 11.0 Å². The Morgan fingerprint density at radius 1 is 1.00 bits per heavy atom. The van der Waals surface area contributed by atoms with Crippen molar-refractivity contribution in [3.05, 3.63) is 76.0 Å². The largest absolute Gasteiger partial charge is 0.457 e. The van der Waals surface area contributed by atoms with Crippen LogP contribution in [0.2, 0.25) is 10.0 Å². The molecule has 1 saturated heterocycles. The normalized spacial score (nSPS) is 14.3. The average Bonchev–Trinajstić information content (AvgIpc) is 3.43. The molecule has 0 radical (unpaired) electrons. The van der Waals surface area contributed by atoms with Crippen molar-refractivity contribution >= 4 is 46.6 Å². The summed E-state index contributed by atoms with van der Waals surface area (Å²) in [5, 5.41) is 3.50. The molecule has 1 aromatic heterocycles. The number of carbonyl (C=O) groups is 1. The fourth-order valence-corrected chi connectivity index (χ4v) is 4.20. The van der Waals surface area contributed by atoms with Gasteiger partial charge >= 0.3 is 6.18 Å². The zero-order valence-electron chi connectivity index (χ0n) is 17.3. The van der Waals surface area contributed by atoms with Gasteiger partial charge in [0.05, 0.1) is 16.9 Å². The number of rotatable bonds is 5. The Kier molecular flexibility index (Phi) is 6.72. The third kappa shape index (κ3) is 5.72. The maximum absolute atomic E-state index is 13.2. The predicted molar refractivity (Wildman–Crippen MR) is 125 cm³/mol. The Hall–Kier alpha value is -2.90. The van der Waals surface area contributed by atoms with Gasteiger partial charge in [-0.3, -0.25) is 4.79 Å². The van der Waals surface area contributed by atoms with Crippen LogP contribution in [0.5, 0.6) is 0 Å². The second kappa shape index (κ2) is 9.53. The lowest BCUT2D eigenvalue weighted by molar-refractivity contribution is -0.137. The van der Waals surface area contributed by atoms with E-state index in [4.69, 9.17) is 27.6 Å². The van der Waals surface area contributed by atoms with E-state index in [-0.39, 0.29) is 5.69 Å². The molecule has 2 aromatic carbocycles. The number of anilines is 2. The van der Waals surface area contributed by atoms with E-state index in [0.29, 0.717) is 32.8 Å². The molecule has 9 heteroatoms. The maximum atomic E-state index is 13.2. The van der Waals surface area contributed by atoms with Crippen molar-refractivity contribution in [1.29, 1.82) is 0 Å². The summed E-state index contributed by atoms with van der Waals surface area (Å²) in [4.78, 5) is 14.5. The van der Waals surface area contributed by atoms with E-state index in [1.807, 2.05) is 4.90 Å². The van der Waals surface area contributed by atoms with Gasteiger partial charge < -0.3 is 14.6 Å². The van der Waals surface area contributed by atoms with E-state index < -0.39 is 17.6 Å². The molecule has 3 aromatic rings. The number of nitrogens with one attached hydrogen (secondary N) is 1. The highest BCUT2D eigenvalue weighted by Crippen LogP contribution is 2.36. The van der Waals surface area contributed by atoms with Crippen LogP contribution in [0.4, 0.5) is 24.5 Å². The molecule has 4 rings (SSSR count). The summed E-state index contributed by atoms with van der Waals surface area (Å²) in [6.45, 7) is 1.46. The highest BCUT2D eigenvalue weighted by molar-refractivity contribution is 6.35. The van der Waals surface area contributed by atoms with Gasteiger partial charge in [0.15, 0.2) is 0 Å². The molecular formula is C24H19Cl2F3N2O2. The SMILES string of the molecule is O=C(/C=C/c1ccc(-c2cc(Cl)cc(Cl)c2)o1)Nc1cc(C(F)(F)F)ccc1N1CCCC1. The highest BCUT2D eigenvalue weighted by atomic mass is 35.5. The molecule has 0 unspecified atom stereocenters. The number of amides is 1. The molecule has 1 aliphatic rings. The molecule has 172 valence electrons. The van der Waals surface area contributed by atoms with Gasteiger partial charge in [-0.2, -0.15) is 13.2 Å². The molecule has 2 heterocycles. The van der Waals surface area contributed by atoms with Crippen molar-refractivity contribution in [2.75, 3.05) is 23.3 Å². The lowest BCUT2D eigenvalue weighted by atomic mass is 10.1.